The van der Waals surface area contributed by atoms with Crippen molar-refractivity contribution in [3.05, 3.63) is 155 Å². The van der Waals surface area contributed by atoms with Crippen molar-refractivity contribution in [1.82, 2.24) is 0 Å². The first-order valence-corrected chi connectivity index (χ1v) is 23.5. The van der Waals surface area contributed by atoms with E-state index in [0.29, 0.717) is 8.45 Å². The predicted molar refractivity (Wildman–Crippen MR) is 216 cm³/mol. The summed E-state index contributed by atoms with van der Waals surface area (Å²) < 4.78 is 3.24. The molecule has 4 aliphatic rings. The normalized spacial score (nSPS) is 22.5. The van der Waals surface area contributed by atoms with Gasteiger partial charge in [0.25, 0.3) is 0 Å². The smallest absolute Gasteiger partial charge is 1.00 e. The Morgan fingerprint density at radius 1 is 0.472 bits per heavy atom. The van der Waals surface area contributed by atoms with Crippen LogP contribution in [0, 0.1) is 0 Å². The minimum Gasteiger partial charge on any atom is -1.00 e. The van der Waals surface area contributed by atoms with E-state index in [1.165, 1.54) is 95.2 Å². The fourth-order valence-electron chi connectivity index (χ4n) is 11.8. The number of allylic oxidation sites excluding steroid dienone is 2. The molecular weight excluding hydrogens is 719 g/mol. The summed E-state index contributed by atoms with van der Waals surface area (Å²) in [6.45, 7) is 4.83. The van der Waals surface area contributed by atoms with E-state index in [1.807, 2.05) is 0 Å². The van der Waals surface area contributed by atoms with Gasteiger partial charge in [-0.3, -0.25) is 0 Å². The molecule has 0 nitrogen and oxygen atoms in total. The standard InChI is InChI=1S/2C22H19.C6H10.2ClH.Ti/c2*1-2-7-16-14-18-10-6-13-21(22(18)15-16)20-12-5-9-17-8-3-4-11-19(17)20;1-2-4-6-5-3-1;;;/h2*3-6,8-15H,2,7H2,1H3;1-2H,3-6H2;2*1H;/q;;;;;+2/p-2. The number of benzene rings is 6. The zero-order valence-corrected chi connectivity index (χ0v) is 34.0. The average molecular weight is 768 g/mol. The molecule has 1 saturated carbocycles. The summed E-state index contributed by atoms with van der Waals surface area (Å²) in [4.78, 5) is 0. The maximum absolute atomic E-state index is 2.75. The second-order valence-corrected chi connectivity index (χ2v) is 23.2. The number of hydrogen-bond donors (Lipinski definition) is 0. The van der Waals surface area contributed by atoms with Crippen molar-refractivity contribution in [2.75, 3.05) is 0 Å². The van der Waals surface area contributed by atoms with Crippen LogP contribution in [-0.4, -0.2) is 0 Å². The average Bonchev–Trinajstić information content (AvgIpc) is 3.44. The maximum atomic E-state index is 2.73. The Morgan fingerprint density at radius 2 is 0.868 bits per heavy atom. The Hall–Kier alpha value is -3.39. The predicted octanol–water partition coefficient (Wildman–Crippen LogP) is 8.83. The number of halogens is 2. The first-order valence-electron chi connectivity index (χ1n) is 19.9. The van der Waals surface area contributed by atoms with Gasteiger partial charge >= 0.3 is 309 Å². The molecule has 1 heterocycles. The molecule has 0 amide bonds. The number of rotatable bonds is 8. The van der Waals surface area contributed by atoms with Crippen molar-refractivity contribution in [2.45, 2.75) is 82.1 Å². The van der Waals surface area contributed by atoms with Gasteiger partial charge < -0.3 is 24.8 Å². The molecule has 0 aromatic heterocycles. The van der Waals surface area contributed by atoms with Gasteiger partial charge in [-0.1, -0.05) is 0 Å². The third-order valence-electron chi connectivity index (χ3n) is 13.5. The second kappa shape index (κ2) is 14.7. The van der Waals surface area contributed by atoms with Gasteiger partial charge in [0.05, 0.1) is 0 Å². The third-order valence-corrected chi connectivity index (χ3v) is 24.3. The van der Waals surface area contributed by atoms with Gasteiger partial charge in [0, 0.05) is 0 Å². The van der Waals surface area contributed by atoms with E-state index in [2.05, 4.69) is 147 Å². The molecule has 0 spiro atoms. The SMILES string of the molecule is CCCC1=Cc2c(-c3cccc4ccccc34)cccc2[CH]1[Ti+2]1([CH]2C(CCC)=Cc3c(-c4cccc5ccccc45)cccc32)[CH]2CCCC[CH]21.[Cl-].[Cl-]. The molecule has 53 heavy (non-hydrogen) atoms. The van der Waals surface area contributed by atoms with Crippen molar-refractivity contribution in [3.63, 3.8) is 0 Å². The molecule has 4 unspecified atom stereocenters. The quantitative estimate of drug-likeness (QED) is 0.136. The first-order chi connectivity index (χ1) is 25.2. The molecule has 2 fully saturated rings. The van der Waals surface area contributed by atoms with Crippen LogP contribution in [0.3, 0.4) is 0 Å². The Kier molecular flexibility index (Phi) is 10.1. The van der Waals surface area contributed by atoms with Crippen LogP contribution in [0.5, 0.6) is 0 Å². The van der Waals surface area contributed by atoms with Gasteiger partial charge in [-0.15, -0.1) is 0 Å². The molecule has 6 aromatic carbocycles. The zero-order valence-electron chi connectivity index (χ0n) is 30.9. The van der Waals surface area contributed by atoms with Crippen LogP contribution in [0.15, 0.2) is 132 Å². The molecular formula is C50H48Cl2Ti. The monoisotopic (exact) mass is 766 g/mol. The Morgan fingerprint density at radius 3 is 1.32 bits per heavy atom. The fourth-order valence-corrected chi connectivity index (χ4v) is 25.9. The largest absolute Gasteiger partial charge is 1.00 e. The Labute approximate surface area is 332 Å². The Bertz CT molecular complexity index is 2220. The fraction of sp³-hybridized carbons (Fsp3) is 0.280. The molecule has 3 aliphatic carbocycles. The van der Waals surface area contributed by atoms with Crippen LogP contribution in [0.2, 0.25) is 8.45 Å². The molecule has 0 N–H and O–H groups in total. The van der Waals surface area contributed by atoms with E-state index in [0.717, 1.165) is 8.45 Å². The number of hydrogen-bond acceptors (Lipinski definition) is 0. The van der Waals surface area contributed by atoms with Gasteiger partial charge in [0.2, 0.25) is 0 Å². The van der Waals surface area contributed by atoms with Gasteiger partial charge in [-0.05, 0) is 0 Å². The molecule has 1 aliphatic heterocycles. The van der Waals surface area contributed by atoms with Gasteiger partial charge in [-0.25, -0.2) is 0 Å². The van der Waals surface area contributed by atoms with E-state index in [4.69, 9.17) is 0 Å². The third kappa shape index (κ3) is 5.58. The van der Waals surface area contributed by atoms with Gasteiger partial charge in [0.15, 0.2) is 0 Å². The van der Waals surface area contributed by atoms with Gasteiger partial charge in [-0.2, -0.15) is 0 Å². The van der Waals surface area contributed by atoms with Crippen molar-refractivity contribution in [2.24, 2.45) is 0 Å². The molecule has 266 valence electrons. The molecule has 0 bridgehead atoms. The van der Waals surface area contributed by atoms with Crippen LogP contribution in [0.25, 0.3) is 56.0 Å². The van der Waals surface area contributed by atoms with Gasteiger partial charge in [0.1, 0.15) is 0 Å². The summed E-state index contributed by atoms with van der Waals surface area (Å²) in [5.41, 5.74) is 15.7. The molecule has 1 saturated heterocycles. The van der Waals surface area contributed by atoms with Crippen molar-refractivity contribution >= 4 is 33.7 Å². The molecule has 0 radical (unpaired) electrons. The van der Waals surface area contributed by atoms with Crippen molar-refractivity contribution < 1.29 is 41.4 Å². The van der Waals surface area contributed by atoms with E-state index in [9.17, 15) is 0 Å². The summed E-state index contributed by atoms with van der Waals surface area (Å²) in [7, 11) is 0. The topological polar surface area (TPSA) is 0 Å². The first kappa shape index (κ1) is 36.6. The van der Waals surface area contributed by atoms with Crippen LogP contribution in [-0.2, 0) is 16.6 Å². The summed E-state index contributed by atoms with van der Waals surface area (Å²) in [6, 6.07) is 46.6. The van der Waals surface area contributed by atoms with Crippen molar-refractivity contribution in [1.29, 1.82) is 0 Å². The minimum atomic E-state index is -2.75. The summed E-state index contributed by atoms with van der Waals surface area (Å²) in [6.07, 6.45) is 16.1. The summed E-state index contributed by atoms with van der Waals surface area (Å²) in [5.74, 6) is 0. The van der Waals surface area contributed by atoms with Crippen LogP contribution in [0.4, 0.5) is 0 Å². The summed E-state index contributed by atoms with van der Waals surface area (Å²) in [5, 5.41) is 5.41. The second-order valence-electron chi connectivity index (χ2n) is 16.0. The van der Waals surface area contributed by atoms with Crippen molar-refractivity contribution in [3.8, 4) is 22.3 Å². The Balaban J connectivity index is 0.00000200. The minimum absolute atomic E-state index is 0. The molecule has 6 aromatic rings. The van der Waals surface area contributed by atoms with E-state index >= 15 is 0 Å². The summed E-state index contributed by atoms with van der Waals surface area (Å²) >= 11 is -2.75. The van der Waals surface area contributed by atoms with Crippen LogP contribution < -0.4 is 24.8 Å². The van der Waals surface area contributed by atoms with E-state index in [-0.39, 0.29) is 24.8 Å². The maximum Gasteiger partial charge on any atom is -1.00 e. The van der Waals surface area contributed by atoms with E-state index < -0.39 is 16.6 Å². The van der Waals surface area contributed by atoms with Crippen LogP contribution >= 0.6 is 0 Å². The number of fused-ring (bicyclic) bond motifs is 5. The molecule has 10 rings (SSSR count). The molecule has 4 atom stereocenters. The zero-order chi connectivity index (χ0) is 34.1. The molecule has 3 heteroatoms. The van der Waals surface area contributed by atoms with E-state index in [1.54, 1.807) is 33.4 Å². The van der Waals surface area contributed by atoms with Crippen LogP contribution in [0.1, 0.15) is 95.9 Å².